The van der Waals surface area contributed by atoms with Gasteiger partial charge in [0.1, 0.15) is 5.65 Å². The van der Waals surface area contributed by atoms with Crippen LogP contribution in [0.2, 0.25) is 0 Å². The standard InChI is InChI=1S/C44H32N4O.Pt/c1-25-20-26(2)40(27(3)21-25)37-24-47-38-14-7-6-10-31(38)30-17-15-28(22-34(30)43(47)46-37)49-29-16-18-35-39(23-29)48-41-32(33-12-9-19-45-42(33)48)11-8-13-36(41)44(35,4)5;/h6-21,24H,1-5H3;/q-2;+2. The van der Waals surface area contributed by atoms with Gasteiger partial charge in [-0.15, -0.1) is 29.8 Å². The first-order valence-electron chi connectivity index (χ1n) is 16.8. The molecule has 0 bridgehead atoms. The van der Waals surface area contributed by atoms with Crippen LogP contribution in [0.4, 0.5) is 0 Å². The second-order valence-electron chi connectivity index (χ2n) is 13.9. The summed E-state index contributed by atoms with van der Waals surface area (Å²) in [5.41, 5.74) is 13.1. The largest absolute Gasteiger partial charge is 2.00 e. The van der Waals surface area contributed by atoms with Gasteiger partial charge in [-0.2, -0.15) is 6.07 Å². The number of imidazole rings is 1. The first kappa shape index (κ1) is 30.8. The molecule has 1 aliphatic rings. The monoisotopic (exact) mass is 827 g/mol. The van der Waals surface area contributed by atoms with E-state index in [-0.39, 0.29) is 26.5 Å². The molecular formula is C44H32N4OPt. The molecule has 9 aromatic rings. The van der Waals surface area contributed by atoms with Crippen molar-refractivity contribution in [2.45, 2.75) is 40.0 Å². The van der Waals surface area contributed by atoms with Crippen molar-refractivity contribution in [1.29, 1.82) is 0 Å². The molecule has 50 heavy (non-hydrogen) atoms. The molecule has 6 heteroatoms. The third kappa shape index (κ3) is 4.23. The Morgan fingerprint density at radius 2 is 1.44 bits per heavy atom. The molecule has 1 aliphatic heterocycles. The summed E-state index contributed by atoms with van der Waals surface area (Å²) >= 11 is 0. The van der Waals surface area contributed by atoms with Crippen molar-refractivity contribution in [1.82, 2.24) is 18.9 Å². The molecule has 10 rings (SSSR count). The summed E-state index contributed by atoms with van der Waals surface area (Å²) in [6.07, 6.45) is 4.03. The fourth-order valence-electron chi connectivity index (χ4n) is 8.37. The first-order chi connectivity index (χ1) is 23.8. The fourth-order valence-corrected chi connectivity index (χ4v) is 8.37. The van der Waals surface area contributed by atoms with Crippen LogP contribution < -0.4 is 4.74 Å². The Bertz CT molecular complexity index is 2850. The maximum atomic E-state index is 6.62. The Labute approximate surface area is 304 Å². The van der Waals surface area contributed by atoms with E-state index in [0.717, 1.165) is 49.7 Å². The van der Waals surface area contributed by atoms with Crippen LogP contribution >= 0.6 is 0 Å². The fraction of sp³-hybridized carbons (Fsp3) is 0.136. The van der Waals surface area contributed by atoms with Gasteiger partial charge in [-0.1, -0.05) is 90.5 Å². The van der Waals surface area contributed by atoms with Crippen molar-refractivity contribution < 1.29 is 25.8 Å². The van der Waals surface area contributed by atoms with Crippen molar-refractivity contribution >= 4 is 49.3 Å². The normalized spacial score (nSPS) is 13.3. The van der Waals surface area contributed by atoms with Crippen molar-refractivity contribution in [3.05, 3.63) is 143 Å². The summed E-state index contributed by atoms with van der Waals surface area (Å²) in [6, 6.07) is 39.3. The summed E-state index contributed by atoms with van der Waals surface area (Å²) in [4.78, 5) is 10.1. The van der Waals surface area contributed by atoms with Gasteiger partial charge >= 0.3 is 21.1 Å². The average molecular weight is 828 g/mol. The van der Waals surface area contributed by atoms with Gasteiger partial charge in [0.2, 0.25) is 0 Å². The summed E-state index contributed by atoms with van der Waals surface area (Å²) in [5, 5.41) is 5.49. The van der Waals surface area contributed by atoms with Gasteiger partial charge in [0.25, 0.3) is 0 Å². The molecule has 0 saturated heterocycles. The molecular weight excluding hydrogens is 796 g/mol. The molecule has 5 heterocycles. The van der Waals surface area contributed by atoms with E-state index in [0.29, 0.717) is 11.5 Å². The van der Waals surface area contributed by atoms with E-state index in [9.17, 15) is 0 Å². The maximum absolute atomic E-state index is 6.62. The smallest absolute Gasteiger partial charge is 0.503 e. The van der Waals surface area contributed by atoms with E-state index in [1.54, 1.807) is 0 Å². The van der Waals surface area contributed by atoms with Gasteiger partial charge in [-0.25, -0.2) is 4.98 Å². The zero-order valence-corrected chi connectivity index (χ0v) is 30.6. The zero-order valence-electron chi connectivity index (χ0n) is 28.3. The van der Waals surface area contributed by atoms with Gasteiger partial charge in [0.15, 0.2) is 0 Å². The molecule has 5 aromatic carbocycles. The van der Waals surface area contributed by atoms with Crippen molar-refractivity contribution in [3.8, 4) is 28.4 Å². The van der Waals surface area contributed by atoms with Gasteiger partial charge in [0.05, 0.1) is 16.9 Å². The quantitative estimate of drug-likeness (QED) is 0.132. The van der Waals surface area contributed by atoms with E-state index >= 15 is 0 Å². The van der Waals surface area contributed by atoms with Crippen LogP contribution in [-0.4, -0.2) is 18.9 Å². The number of aromatic nitrogens is 4. The molecule has 0 fully saturated rings. The minimum atomic E-state index is -0.220. The summed E-state index contributed by atoms with van der Waals surface area (Å²) in [6.45, 7) is 11.0. The Hall–Kier alpha value is -5.25. The summed E-state index contributed by atoms with van der Waals surface area (Å²) in [5.74, 6) is 1.24. The van der Waals surface area contributed by atoms with Crippen molar-refractivity contribution in [2.75, 3.05) is 0 Å². The van der Waals surface area contributed by atoms with Crippen LogP contribution in [-0.2, 0) is 26.5 Å². The second-order valence-corrected chi connectivity index (χ2v) is 13.9. The number of fused-ring (bicyclic) bond motifs is 11. The minimum absolute atomic E-state index is 0. The molecule has 0 aliphatic carbocycles. The van der Waals surface area contributed by atoms with Crippen LogP contribution in [0.1, 0.15) is 41.7 Å². The predicted octanol–water partition coefficient (Wildman–Crippen LogP) is 10.8. The third-order valence-corrected chi connectivity index (χ3v) is 10.5. The number of nitrogens with zero attached hydrogens (tertiary/aromatic N) is 4. The van der Waals surface area contributed by atoms with Gasteiger partial charge in [-0.3, -0.25) is 4.98 Å². The van der Waals surface area contributed by atoms with Crippen LogP contribution in [0.25, 0.3) is 66.2 Å². The van der Waals surface area contributed by atoms with Crippen molar-refractivity contribution in [3.63, 3.8) is 0 Å². The molecule has 0 radical (unpaired) electrons. The Morgan fingerprint density at radius 3 is 2.28 bits per heavy atom. The number of ether oxygens (including phenoxy) is 1. The Balaban J connectivity index is 0.00000336. The topological polar surface area (TPSA) is 44.4 Å². The molecule has 0 spiro atoms. The Morgan fingerprint density at radius 1 is 0.700 bits per heavy atom. The Kier molecular flexibility index (Phi) is 6.69. The van der Waals surface area contributed by atoms with E-state index in [2.05, 4.69) is 135 Å². The molecule has 4 aromatic heterocycles. The molecule has 0 atom stereocenters. The second kappa shape index (κ2) is 10.9. The number of hydrogen-bond acceptors (Lipinski definition) is 3. The number of para-hydroxylation sites is 2. The average Bonchev–Trinajstić information content (AvgIpc) is 3.68. The molecule has 244 valence electrons. The summed E-state index contributed by atoms with van der Waals surface area (Å²) < 4.78 is 11.1. The number of aryl methyl sites for hydroxylation is 3. The first-order valence-corrected chi connectivity index (χ1v) is 16.8. The molecule has 0 N–H and O–H groups in total. The van der Waals surface area contributed by atoms with Crippen LogP contribution in [0, 0.1) is 32.9 Å². The predicted molar refractivity (Wildman–Crippen MR) is 198 cm³/mol. The number of pyridine rings is 2. The molecule has 0 unspecified atom stereocenters. The SMILES string of the molecule is Cc1cc(C)c(-c2cn3c4ccccc4c4ccc(Oc5[c-]c6c(cc5)C(C)(C)c5cccc7c8cccnc8n-6c57)[c-]c4c3n2)c(C)c1.[Pt+2]. The number of benzene rings is 5. The zero-order chi connectivity index (χ0) is 33.2. The third-order valence-electron chi connectivity index (χ3n) is 10.5. The van der Waals surface area contributed by atoms with Crippen LogP contribution in [0.15, 0.2) is 103 Å². The number of hydrogen-bond donors (Lipinski definition) is 0. The van der Waals surface area contributed by atoms with E-state index in [4.69, 9.17) is 14.7 Å². The van der Waals surface area contributed by atoms with E-state index in [1.807, 2.05) is 24.4 Å². The van der Waals surface area contributed by atoms with E-state index in [1.165, 1.54) is 44.3 Å². The molecule has 0 saturated carbocycles. The summed E-state index contributed by atoms with van der Waals surface area (Å²) in [7, 11) is 0. The van der Waals surface area contributed by atoms with E-state index < -0.39 is 0 Å². The minimum Gasteiger partial charge on any atom is -0.503 e. The van der Waals surface area contributed by atoms with Gasteiger partial charge < -0.3 is 13.7 Å². The van der Waals surface area contributed by atoms with Crippen LogP contribution in [0.3, 0.4) is 0 Å². The van der Waals surface area contributed by atoms with Gasteiger partial charge in [0, 0.05) is 45.7 Å². The molecule has 0 amide bonds. The number of rotatable bonds is 3. The molecule has 5 nitrogen and oxygen atoms in total. The maximum Gasteiger partial charge on any atom is 2.00 e. The van der Waals surface area contributed by atoms with Crippen LogP contribution in [0.5, 0.6) is 11.5 Å². The van der Waals surface area contributed by atoms with Gasteiger partial charge in [-0.05, 0) is 66.5 Å². The van der Waals surface area contributed by atoms with Crippen molar-refractivity contribution in [2.24, 2.45) is 0 Å².